The summed E-state index contributed by atoms with van der Waals surface area (Å²) in [5.41, 5.74) is 2.65. The standard InChI is InChI=1S/C29H26F2N6O5/c1-29(2,41)26-32-10-15(11-33-26)14-6-7-17-19(8-14)36-20-9-21(24(36)34-17)37(25(38)16-12-35(13-16)28(39)40)18-4-3-5-22(23(18)20)42-27(30)31/h3-8,10-11,16,20-21,27,41H,9,12-13H2,1-2H3,(H,39,40)/t20-,21-/m1/s1. The summed E-state index contributed by atoms with van der Waals surface area (Å²) < 4.78 is 34.0. The van der Waals surface area contributed by atoms with Gasteiger partial charge in [-0.05, 0) is 43.7 Å². The molecule has 216 valence electrons. The third-order valence-electron chi connectivity index (χ3n) is 8.21. The minimum atomic E-state index is -3.06. The molecular formula is C29H26F2N6O5. The Hall–Kier alpha value is -4.65. The van der Waals surface area contributed by atoms with Gasteiger partial charge in [-0.1, -0.05) is 12.1 Å². The number of carbonyl (C=O) groups is 2. The van der Waals surface area contributed by atoms with Crippen molar-refractivity contribution in [3.63, 3.8) is 0 Å². The number of alkyl halides is 2. The number of amides is 2. The summed E-state index contributed by atoms with van der Waals surface area (Å²) in [4.78, 5) is 41.4. The molecule has 0 unspecified atom stereocenters. The normalized spacial score (nSPS) is 19.6. The fourth-order valence-electron chi connectivity index (χ4n) is 6.24. The number of carboxylic acid groups (broad SMARTS) is 1. The number of anilines is 1. The molecule has 2 amide bonds. The maximum atomic E-state index is 13.8. The van der Waals surface area contributed by atoms with Crippen molar-refractivity contribution in [3.8, 4) is 16.9 Å². The lowest BCUT2D eigenvalue weighted by atomic mass is 9.90. The minimum absolute atomic E-state index is 0.0222. The Balaban J connectivity index is 1.35. The number of aromatic nitrogens is 4. The van der Waals surface area contributed by atoms with Gasteiger partial charge in [0.25, 0.3) is 0 Å². The fourth-order valence-corrected chi connectivity index (χ4v) is 6.24. The Morgan fingerprint density at radius 3 is 2.48 bits per heavy atom. The lowest BCUT2D eigenvalue weighted by molar-refractivity contribution is -0.127. The van der Waals surface area contributed by atoms with Crippen LogP contribution >= 0.6 is 0 Å². The Labute approximate surface area is 238 Å². The zero-order chi connectivity index (χ0) is 29.5. The number of hydrogen-bond donors (Lipinski definition) is 2. The molecular weight excluding hydrogens is 550 g/mol. The van der Waals surface area contributed by atoms with Gasteiger partial charge in [0.15, 0.2) is 5.82 Å². The first kappa shape index (κ1) is 26.3. The van der Waals surface area contributed by atoms with Gasteiger partial charge in [-0.3, -0.25) is 4.79 Å². The minimum Gasteiger partial charge on any atom is -0.465 e. The quantitative estimate of drug-likeness (QED) is 0.359. The second-order valence-corrected chi connectivity index (χ2v) is 11.3. The third-order valence-corrected chi connectivity index (χ3v) is 8.21. The van der Waals surface area contributed by atoms with Crippen LogP contribution in [-0.2, 0) is 10.4 Å². The maximum absolute atomic E-state index is 13.8. The van der Waals surface area contributed by atoms with Crippen molar-refractivity contribution in [2.45, 2.75) is 44.6 Å². The van der Waals surface area contributed by atoms with Crippen LogP contribution < -0.4 is 9.64 Å². The van der Waals surface area contributed by atoms with Crippen molar-refractivity contribution in [3.05, 3.63) is 66.0 Å². The van der Waals surface area contributed by atoms with Crippen molar-refractivity contribution < 1.29 is 33.3 Å². The van der Waals surface area contributed by atoms with Crippen molar-refractivity contribution in [2.75, 3.05) is 18.0 Å². The number of likely N-dealkylation sites (tertiary alicyclic amines) is 1. The molecule has 1 fully saturated rings. The van der Waals surface area contributed by atoms with Crippen LogP contribution in [0.2, 0.25) is 0 Å². The summed E-state index contributed by atoms with van der Waals surface area (Å²) in [5.74, 6) is 0.0460. The lowest BCUT2D eigenvalue weighted by Gasteiger charge is -2.42. The second kappa shape index (κ2) is 9.18. The Kier molecular flexibility index (Phi) is 5.74. The summed E-state index contributed by atoms with van der Waals surface area (Å²) in [5, 5.41) is 19.5. The molecule has 0 radical (unpaired) electrons. The average Bonchev–Trinajstić information content (AvgIpc) is 3.42. The Bertz CT molecular complexity index is 1750. The van der Waals surface area contributed by atoms with Crippen molar-refractivity contribution in [1.29, 1.82) is 0 Å². The summed E-state index contributed by atoms with van der Waals surface area (Å²) in [7, 11) is 0. The van der Waals surface area contributed by atoms with Gasteiger partial charge in [-0.15, -0.1) is 0 Å². The van der Waals surface area contributed by atoms with Crippen LogP contribution in [0.5, 0.6) is 5.75 Å². The van der Waals surface area contributed by atoms with Gasteiger partial charge < -0.3 is 29.3 Å². The number of benzene rings is 2. The highest BCUT2D eigenvalue weighted by molar-refractivity contribution is 5.99. The molecule has 11 nitrogen and oxygen atoms in total. The number of nitrogens with zero attached hydrogens (tertiary/aromatic N) is 6. The molecule has 2 aromatic heterocycles. The van der Waals surface area contributed by atoms with E-state index in [0.717, 1.165) is 16.0 Å². The fraction of sp³-hybridized carbons (Fsp3) is 0.345. The van der Waals surface area contributed by atoms with Crippen LogP contribution in [0.25, 0.3) is 22.2 Å². The van der Waals surface area contributed by atoms with Gasteiger partial charge in [0.2, 0.25) is 5.91 Å². The number of rotatable bonds is 5. The topological polar surface area (TPSA) is 134 Å². The third kappa shape index (κ3) is 3.98. The Morgan fingerprint density at radius 1 is 1.07 bits per heavy atom. The number of fused-ring (bicyclic) bond motifs is 3. The summed E-state index contributed by atoms with van der Waals surface area (Å²) in [6.45, 7) is 0.280. The van der Waals surface area contributed by atoms with Gasteiger partial charge in [0.05, 0.1) is 34.7 Å². The van der Waals surface area contributed by atoms with Crippen molar-refractivity contribution in [2.24, 2.45) is 5.92 Å². The highest BCUT2D eigenvalue weighted by atomic mass is 19.3. The number of aliphatic hydroxyl groups is 1. The highest BCUT2D eigenvalue weighted by Crippen LogP contribution is 2.55. The highest BCUT2D eigenvalue weighted by Gasteiger charge is 2.50. The SMILES string of the molecule is CC(C)(O)c1ncc(-c2ccc3nc4n(c3c2)[C@@H]2C[C@H]4N(C(=O)C3CN(C(=O)O)C3)c3cccc(OC(F)F)c32)cn1. The van der Waals surface area contributed by atoms with Crippen LogP contribution in [0, 0.1) is 5.92 Å². The van der Waals surface area contributed by atoms with Crippen LogP contribution in [0.3, 0.4) is 0 Å². The zero-order valence-corrected chi connectivity index (χ0v) is 22.6. The molecule has 1 saturated heterocycles. The van der Waals surface area contributed by atoms with E-state index in [2.05, 4.69) is 9.97 Å². The van der Waals surface area contributed by atoms with E-state index in [9.17, 15) is 28.6 Å². The molecule has 0 aliphatic carbocycles. The van der Waals surface area contributed by atoms with E-state index in [1.165, 1.54) is 6.07 Å². The van der Waals surface area contributed by atoms with E-state index in [1.807, 2.05) is 22.8 Å². The van der Waals surface area contributed by atoms with E-state index in [4.69, 9.17) is 9.72 Å². The molecule has 0 saturated carbocycles. The number of hydrogen-bond acceptors (Lipinski definition) is 7. The largest absolute Gasteiger partial charge is 0.465 e. The summed E-state index contributed by atoms with van der Waals surface area (Å²) >= 11 is 0. The first-order valence-corrected chi connectivity index (χ1v) is 13.5. The number of ether oxygens (including phenoxy) is 1. The van der Waals surface area contributed by atoms with E-state index in [-0.39, 0.29) is 30.6 Å². The Morgan fingerprint density at radius 2 is 1.81 bits per heavy atom. The average molecular weight is 577 g/mol. The summed E-state index contributed by atoms with van der Waals surface area (Å²) in [6.07, 6.45) is 2.57. The summed E-state index contributed by atoms with van der Waals surface area (Å²) in [6, 6.07) is 9.50. The number of halogens is 2. The van der Waals surface area contributed by atoms with Gasteiger partial charge in [-0.2, -0.15) is 8.78 Å². The van der Waals surface area contributed by atoms with E-state index >= 15 is 0 Å². The van der Waals surface area contributed by atoms with Gasteiger partial charge >= 0.3 is 12.7 Å². The van der Waals surface area contributed by atoms with E-state index in [0.29, 0.717) is 34.6 Å². The smallest absolute Gasteiger partial charge is 0.407 e. The molecule has 5 heterocycles. The predicted molar refractivity (Wildman–Crippen MR) is 145 cm³/mol. The number of carbonyl (C=O) groups excluding carboxylic acids is 1. The van der Waals surface area contributed by atoms with E-state index < -0.39 is 36.3 Å². The van der Waals surface area contributed by atoms with Crippen LogP contribution in [0.1, 0.15) is 49.6 Å². The predicted octanol–water partition coefficient (Wildman–Crippen LogP) is 4.31. The van der Waals surface area contributed by atoms with Crippen molar-refractivity contribution in [1.82, 2.24) is 24.4 Å². The molecule has 13 heteroatoms. The molecule has 3 aliphatic rings. The molecule has 2 bridgehead atoms. The van der Waals surface area contributed by atoms with Gasteiger partial charge in [0, 0.05) is 43.0 Å². The maximum Gasteiger partial charge on any atom is 0.407 e. The van der Waals surface area contributed by atoms with Crippen LogP contribution in [0.4, 0.5) is 19.3 Å². The van der Waals surface area contributed by atoms with Crippen LogP contribution in [-0.4, -0.2) is 66.3 Å². The van der Waals surface area contributed by atoms with E-state index in [1.54, 1.807) is 43.3 Å². The van der Waals surface area contributed by atoms with Gasteiger partial charge in [-0.25, -0.2) is 19.7 Å². The monoisotopic (exact) mass is 576 g/mol. The number of imidazole rings is 1. The first-order chi connectivity index (χ1) is 20.0. The molecule has 0 spiro atoms. The first-order valence-electron chi connectivity index (χ1n) is 13.5. The zero-order valence-electron chi connectivity index (χ0n) is 22.6. The molecule has 42 heavy (non-hydrogen) atoms. The van der Waals surface area contributed by atoms with Gasteiger partial charge in [0.1, 0.15) is 17.2 Å². The molecule has 3 aliphatic heterocycles. The molecule has 2 atom stereocenters. The second-order valence-electron chi connectivity index (χ2n) is 11.3. The van der Waals surface area contributed by atoms with Crippen molar-refractivity contribution >= 4 is 28.7 Å². The molecule has 4 aromatic rings. The molecule has 2 aromatic carbocycles. The van der Waals surface area contributed by atoms with Crippen LogP contribution in [0.15, 0.2) is 48.8 Å². The molecule has 7 rings (SSSR count). The lowest BCUT2D eigenvalue weighted by Crippen LogP contribution is -2.57. The molecule has 2 N–H and O–H groups in total.